The molecular weight excluding hydrogens is 237 g/mol. The van der Waals surface area contributed by atoms with E-state index in [4.69, 9.17) is 0 Å². The van der Waals surface area contributed by atoms with Gasteiger partial charge < -0.3 is 0 Å². The maximum atomic E-state index is 12.2. The van der Waals surface area contributed by atoms with E-state index in [1.54, 1.807) is 12.1 Å². The van der Waals surface area contributed by atoms with E-state index in [9.17, 15) is 13.2 Å². The molecular formula is C15H13F3. The van der Waals surface area contributed by atoms with E-state index >= 15 is 0 Å². The predicted molar refractivity (Wildman–Crippen MR) is 66.4 cm³/mol. The van der Waals surface area contributed by atoms with E-state index < -0.39 is 12.6 Å². The van der Waals surface area contributed by atoms with Gasteiger partial charge in [-0.1, -0.05) is 54.1 Å². The minimum atomic E-state index is -4.15. The van der Waals surface area contributed by atoms with E-state index in [1.807, 2.05) is 31.2 Å². The number of alkyl halides is 3. The lowest BCUT2D eigenvalue weighted by Gasteiger charge is -2.07. The van der Waals surface area contributed by atoms with Crippen molar-refractivity contribution in [2.24, 2.45) is 0 Å². The third kappa shape index (κ3) is 3.36. The molecule has 94 valence electrons. The SMILES string of the molecule is Cc1ccc(-c2ccc(CC(F)(F)F)cc2)cc1. The lowest BCUT2D eigenvalue weighted by Crippen LogP contribution is -2.11. The van der Waals surface area contributed by atoms with Crippen molar-refractivity contribution in [2.45, 2.75) is 19.5 Å². The van der Waals surface area contributed by atoms with Crippen molar-refractivity contribution >= 4 is 0 Å². The average molecular weight is 250 g/mol. The van der Waals surface area contributed by atoms with Gasteiger partial charge in [0, 0.05) is 0 Å². The van der Waals surface area contributed by atoms with Crippen LogP contribution in [0.4, 0.5) is 13.2 Å². The number of rotatable bonds is 2. The largest absolute Gasteiger partial charge is 0.393 e. The highest BCUT2D eigenvalue weighted by atomic mass is 19.4. The Morgan fingerprint density at radius 3 is 1.67 bits per heavy atom. The molecule has 0 heterocycles. The number of aryl methyl sites for hydroxylation is 1. The van der Waals surface area contributed by atoms with Gasteiger partial charge in [-0.15, -0.1) is 0 Å². The summed E-state index contributed by atoms with van der Waals surface area (Å²) in [5.74, 6) is 0. The molecule has 2 rings (SSSR count). The fourth-order valence-electron chi connectivity index (χ4n) is 1.79. The highest BCUT2D eigenvalue weighted by Crippen LogP contribution is 2.24. The van der Waals surface area contributed by atoms with Crippen LogP contribution in [0.25, 0.3) is 11.1 Å². The van der Waals surface area contributed by atoms with E-state index in [1.165, 1.54) is 12.1 Å². The van der Waals surface area contributed by atoms with Crippen LogP contribution in [0, 0.1) is 6.92 Å². The Morgan fingerprint density at radius 2 is 1.22 bits per heavy atom. The molecule has 2 aromatic carbocycles. The highest BCUT2D eigenvalue weighted by Gasteiger charge is 2.27. The smallest absolute Gasteiger partial charge is 0.171 e. The van der Waals surface area contributed by atoms with Gasteiger partial charge in [0.05, 0.1) is 6.42 Å². The molecule has 3 heteroatoms. The van der Waals surface area contributed by atoms with Crippen LogP contribution in [-0.2, 0) is 6.42 Å². The summed E-state index contributed by atoms with van der Waals surface area (Å²) >= 11 is 0. The maximum Gasteiger partial charge on any atom is 0.393 e. The van der Waals surface area contributed by atoms with Crippen molar-refractivity contribution in [2.75, 3.05) is 0 Å². The molecule has 0 nitrogen and oxygen atoms in total. The number of benzene rings is 2. The third-order valence-electron chi connectivity index (χ3n) is 2.74. The Bertz CT molecular complexity index is 507. The molecule has 18 heavy (non-hydrogen) atoms. The summed E-state index contributed by atoms with van der Waals surface area (Å²) in [5, 5.41) is 0. The van der Waals surface area contributed by atoms with E-state index in [0.29, 0.717) is 5.56 Å². The van der Waals surface area contributed by atoms with E-state index in [-0.39, 0.29) is 0 Å². The maximum absolute atomic E-state index is 12.2. The van der Waals surface area contributed by atoms with Crippen molar-refractivity contribution in [3.63, 3.8) is 0 Å². The average Bonchev–Trinajstić information content (AvgIpc) is 2.29. The molecule has 0 aliphatic rings. The molecule has 0 aliphatic heterocycles. The van der Waals surface area contributed by atoms with Crippen LogP contribution in [-0.4, -0.2) is 6.18 Å². The second-order valence-corrected chi connectivity index (χ2v) is 4.35. The molecule has 0 aliphatic carbocycles. The van der Waals surface area contributed by atoms with Crippen LogP contribution in [0.3, 0.4) is 0 Å². The van der Waals surface area contributed by atoms with Crippen molar-refractivity contribution in [1.82, 2.24) is 0 Å². The second-order valence-electron chi connectivity index (χ2n) is 4.35. The van der Waals surface area contributed by atoms with Gasteiger partial charge in [-0.2, -0.15) is 13.2 Å². The van der Waals surface area contributed by atoms with Crippen molar-refractivity contribution < 1.29 is 13.2 Å². The quantitative estimate of drug-likeness (QED) is 0.720. The zero-order valence-corrected chi connectivity index (χ0v) is 9.96. The van der Waals surface area contributed by atoms with Crippen molar-refractivity contribution in [3.05, 3.63) is 59.7 Å². The monoisotopic (exact) mass is 250 g/mol. The molecule has 0 bridgehead atoms. The van der Waals surface area contributed by atoms with Crippen LogP contribution < -0.4 is 0 Å². The Morgan fingerprint density at radius 1 is 0.778 bits per heavy atom. The second kappa shape index (κ2) is 4.84. The summed E-state index contributed by atoms with van der Waals surface area (Å²) in [6, 6.07) is 14.4. The molecule has 0 atom stereocenters. The van der Waals surface area contributed by atoms with Crippen LogP contribution >= 0.6 is 0 Å². The first kappa shape index (κ1) is 12.7. The summed E-state index contributed by atoms with van der Waals surface area (Å²) in [6.07, 6.45) is -5.02. The standard InChI is InChI=1S/C15H13F3/c1-11-2-6-13(7-3-11)14-8-4-12(5-9-14)10-15(16,17)18/h2-9H,10H2,1H3. The zero-order valence-electron chi connectivity index (χ0n) is 9.96. The van der Waals surface area contributed by atoms with E-state index in [2.05, 4.69) is 0 Å². The van der Waals surface area contributed by atoms with Crippen LogP contribution in [0.1, 0.15) is 11.1 Å². The molecule has 0 saturated heterocycles. The fourth-order valence-corrected chi connectivity index (χ4v) is 1.79. The molecule has 0 fully saturated rings. The molecule has 0 radical (unpaired) electrons. The Labute approximate surface area is 104 Å². The first-order valence-electron chi connectivity index (χ1n) is 5.67. The predicted octanol–water partition coefficient (Wildman–Crippen LogP) is 4.77. The summed E-state index contributed by atoms with van der Waals surface area (Å²) in [5.41, 5.74) is 3.39. The van der Waals surface area contributed by atoms with Gasteiger partial charge in [0.25, 0.3) is 0 Å². The zero-order chi connectivity index (χ0) is 13.2. The van der Waals surface area contributed by atoms with Crippen LogP contribution in [0.2, 0.25) is 0 Å². The highest BCUT2D eigenvalue weighted by molar-refractivity contribution is 5.63. The van der Waals surface area contributed by atoms with Crippen molar-refractivity contribution in [3.8, 4) is 11.1 Å². The summed E-state index contributed by atoms with van der Waals surface area (Å²) in [4.78, 5) is 0. The Balaban J connectivity index is 2.20. The minimum absolute atomic E-state index is 0.290. The van der Waals surface area contributed by atoms with Gasteiger partial charge in [-0.3, -0.25) is 0 Å². The van der Waals surface area contributed by atoms with Gasteiger partial charge in [0.2, 0.25) is 0 Å². The summed E-state index contributed by atoms with van der Waals surface area (Å²) in [6.45, 7) is 2.00. The lowest BCUT2D eigenvalue weighted by molar-refractivity contribution is -0.127. The van der Waals surface area contributed by atoms with Crippen LogP contribution in [0.5, 0.6) is 0 Å². The normalized spacial score (nSPS) is 11.6. The van der Waals surface area contributed by atoms with Gasteiger partial charge in [0.15, 0.2) is 0 Å². The lowest BCUT2D eigenvalue weighted by atomic mass is 10.0. The number of halogens is 3. The first-order valence-corrected chi connectivity index (χ1v) is 5.67. The van der Waals surface area contributed by atoms with Gasteiger partial charge in [-0.25, -0.2) is 0 Å². The van der Waals surface area contributed by atoms with Crippen LogP contribution in [0.15, 0.2) is 48.5 Å². The molecule has 0 spiro atoms. The molecule has 2 aromatic rings. The molecule has 0 amide bonds. The first-order chi connectivity index (χ1) is 8.44. The minimum Gasteiger partial charge on any atom is -0.171 e. The molecule has 0 N–H and O–H groups in total. The third-order valence-corrected chi connectivity index (χ3v) is 2.74. The number of hydrogen-bond donors (Lipinski definition) is 0. The fraction of sp³-hybridized carbons (Fsp3) is 0.200. The van der Waals surface area contributed by atoms with E-state index in [0.717, 1.165) is 16.7 Å². The van der Waals surface area contributed by atoms with Gasteiger partial charge in [-0.05, 0) is 23.6 Å². The molecule has 0 aromatic heterocycles. The summed E-state index contributed by atoms with van der Waals surface area (Å²) < 4.78 is 36.6. The van der Waals surface area contributed by atoms with Gasteiger partial charge >= 0.3 is 6.18 Å². The van der Waals surface area contributed by atoms with Gasteiger partial charge in [0.1, 0.15) is 0 Å². The summed E-state index contributed by atoms with van der Waals surface area (Å²) in [7, 11) is 0. The molecule has 0 unspecified atom stereocenters. The molecule has 0 saturated carbocycles. The Hall–Kier alpha value is -1.77. The number of hydrogen-bond acceptors (Lipinski definition) is 0. The topological polar surface area (TPSA) is 0 Å². The van der Waals surface area contributed by atoms with Crippen molar-refractivity contribution in [1.29, 1.82) is 0 Å². The Kier molecular flexibility index (Phi) is 3.41.